The second-order valence-corrected chi connectivity index (χ2v) is 5.79. The molecule has 2 aromatic rings. The number of aryl methyl sites for hydroxylation is 2. The van der Waals surface area contributed by atoms with E-state index in [-0.39, 0.29) is 5.91 Å². The lowest BCUT2D eigenvalue weighted by molar-refractivity contribution is -0.128. The number of rotatable bonds is 7. The third-order valence-corrected chi connectivity index (χ3v) is 3.98. The van der Waals surface area contributed by atoms with Gasteiger partial charge in [-0.3, -0.25) is 4.79 Å². The molecule has 1 unspecified atom stereocenters. The fraction of sp³-hybridized carbons (Fsp3) is 0.350. The molecule has 3 heteroatoms. The predicted octanol–water partition coefficient (Wildman–Crippen LogP) is 3.82. The average molecular weight is 311 g/mol. The summed E-state index contributed by atoms with van der Waals surface area (Å²) in [4.78, 5) is 12.3. The van der Waals surface area contributed by atoms with E-state index in [1.165, 1.54) is 16.7 Å². The normalized spacial score (nSPS) is 11.8. The van der Waals surface area contributed by atoms with E-state index >= 15 is 0 Å². The van der Waals surface area contributed by atoms with Crippen molar-refractivity contribution in [3.63, 3.8) is 0 Å². The van der Waals surface area contributed by atoms with Crippen LogP contribution in [0.1, 0.15) is 30.0 Å². The van der Waals surface area contributed by atoms with Gasteiger partial charge in [0.25, 0.3) is 5.91 Å². The highest BCUT2D eigenvalue weighted by Crippen LogP contribution is 2.18. The zero-order valence-corrected chi connectivity index (χ0v) is 14.1. The summed E-state index contributed by atoms with van der Waals surface area (Å²) in [7, 11) is 0. The number of hydrogen-bond acceptors (Lipinski definition) is 2. The van der Waals surface area contributed by atoms with Crippen LogP contribution in [0.5, 0.6) is 5.75 Å². The number of ether oxygens (including phenoxy) is 1. The van der Waals surface area contributed by atoms with Gasteiger partial charge < -0.3 is 10.1 Å². The van der Waals surface area contributed by atoms with Crippen LogP contribution in [0.3, 0.4) is 0 Å². The number of nitrogens with one attached hydrogen (secondary N) is 1. The van der Waals surface area contributed by atoms with Crippen molar-refractivity contribution in [1.82, 2.24) is 5.32 Å². The fourth-order valence-electron chi connectivity index (χ4n) is 2.36. The minimum Gasteiger partial charge on any atom is -0.481 e. The monoisotopic (exact) mass is 311 g/mol. The van der Waals surface area contributed by atoms with Crippen LogP contribution in [-0.2, 0) is 11.2 Å². The lowest BCUT2D eigenvalue weighted by atomic mass is 10.1. The van der Waals surface area contributed by atoms with Crippen LogP contribution < -0.4 is 10.1 Å². The molecule has 122 valence electrons. The van der Waals surface area contributed by atoms with E-state index in [9.17, 15) is 4.79 Å². The Morgan fingerprint density at radius 1 is 1.09 bits per heavy atom. The first kappa shape index (κ1) is 17.1. The molecule has 0 fully saturated rings. The zero-order valence-electron chi connectivity index (χ0n) is 14.1. The van der Waals surface area contributed by atoms with Gasteiger partial charge in [0.15, 0.2) is 6.10 Å². The third-order valence-electron chi connectivity index (χ3n) is 3.98. The van der Waals surface area contributed by atoms with Crippen molar-refractivity contribution in [3.8, 4) is 5.75 Å². The molecule has 2 rings (SSSR count). The van der Waals surface area contributed by atoms with Crippen LogP contribution >= 0.6 is 0 Å². The summed E-state index contributed by atoms with van der Waals surface area (Å²) in [5, 5.41) is 2.96. The molecule has 0 aliphatic rings. The van der Waals surface area contributed by atoms with Gasteiger partial charge in [0.1, 0.15) is 5.75 Å². The summed E-state index contributed by atoms with van der Waals surface area (Å²) in [5.74, 6) is 0.694. The van der Waals surface area contributed by atoms with Crippen LogP contribution in [0.2, 0.25) is 0 Å². The molecule has 0 radical (unpaired) electrons. The Bertz CT molecular complexity index is 637. The molecule has 0 saturated heterocycles. The van der Waals surface area contributed by atoms with E-state index in [1.54, 1.807) is 0 Å². The smallest absolute Gasteiger partial charge is 0.261 e. The number of carbonyl (C=O) groups excluding carboxylic acids is 1. The van der Waals surface area contributed by atoms with Crippen LogP contribution in [0, 0.1) is 13.8 Å². The maximum atomic E-state index is 12.3. The average Bonchev–Trinajstić information content (AvgIpc) is 2.56. The van der Waals surface area contributed by atoms with Crippen LogP contribution in [0.15, 0.2) is 48.5 Å². The van der Waals surface area contributed by atoms with E-state index in [0.29, 0.717) is 13.0 Å². The highest BCUT2D eigenvalue weighted by molar-refractivity contribution is 5.81. The molecule has 3 nitrogen and oxygen atoms in total. The number of benzene rings is 2. The molecule has 0 saturated carbocycles. The first-order valence-corrected chi connectivity index (χ1v) is 8.15. The Morgan fingerprint density at radius 3 is 2.48 bits per heavy atom. The first-order chi connectivity index (χ1) is 11.1. The van der Waals surface area contributed by atoms with E-state index in [0.717, 1.165) is 12.2 Å². The Balaban J connectivity index is 1.86. The molecule has 0 aliphatic carbocycles. The zero-order chi connectivity index (χ0) is 16.7. The fourth-order valence-corrected chi connectivity index (χ4v) is 2.36. The van der Waals surface area contributed by atoms with Crippen molar-refractivity contribution in [2.45, 2.75) is 39.7 Å². The van der Waals surface area contributed by atoms with Crippen molar-refractivity contribution in [3.05, 3.63) is 65.2 Å². The summed E-state index contributed by atoms with van der Waals surface area (Å²) in [6.07, 6.45) is 1.02. The molecule has 23 heavy (non-hydrogen) atoms. The topological polar surface area (TPSA) is 38.3 Å². The maximum Gasteiger partial charge on any atom is 0.261 e. The lowest BCUT2D eigenvalue weighted by Gasteiger charge is -2.18. The maximum absolute atomic E-state index is 12.3. The van der Waals surface area contributed by atoms with Gasteiger partial charge in [-0.05, 0) is 55.5 Å². The SMILES string of the molecule is CCC(Oc1ccc(C)c(C)c1)C(=O)NCCc1ccccc1. The van der Waals surface area contributed by atoms with Gasteiger partial charge in [-0.2, -0.15) is 0 Å². The summed E-state index contributed by atoms with van der Waals surface area (Å²) < 4.78 is 5.85. The number of hydrogen-bond donors (Lipinski definition) is 1. The van der Waals surface area contributed by atoms with Gasteiger partial charge in [0.05, 0.1) is 0 Å². The van der Waals surface area contributed by atoms with Crippen molar-refractivity contribution in [1.29, 1.82) is 0 Å². The van der Waals surface area contributed by atoms with Gasteiger partial charge in [0.2, 0.25) is 0 Å². The van der Waals surface area contributed by atoms with Crippen molar-refractivity contribution < 1.29 is 9.53 Å². The van der Waals surface area contributed by atoms with E-state index in [1.807, 2.05) is 50.2 Å². The third kappa shape index (κ3) is 5.13. The standard InChI is InChI=1S/C20H25NO2/c1-4-19(23-18-11-10-15(2)16(3)14-18)20(22)21-13-12-17-8-6-5-7-9-17/h5-11,14,19H,4,12-13H2,1-3H3,(H,21,22). The van der Waals surface area contributed by atoms with E-state index in [4.69, 9.17) is 4.74 Å². The largest absolute Gasteiger partial charge is 0.481 e. The minimum absolute atomic E-state index is 0.0540. The van der Waals surface area contributed by atoms with Gasteiger partial charge in [-0.1, -0.05) is 43.3 Å². The van der Waals surface area contributed by atoms with E-state index < -0.39 is 6.10 Å². The molecule has 2 aromatic carbocycles. The Kier molecular flexibility index (Phi) is 6.21. The number of amides is 1. The molecule has 0 bridgehead atoms. The van der Waals surface area contributed by atoms with Gasteiger partial charge in [-0.25, -0.2) is 0 Å². The Labute approximate surface area is 138 Å². The van der Waals surface area contributed by atoms with Gasteiger partial charge in [-0.15, -0.1) is 0 Å². The highest BCUT2D eigenvalue weighted by Gasteiger charge is 2.18. The van der Waals surface area contributed by atoms with Crippen LogP contribution in [0.4, 0.5) is 0 Å². The first-order valence-electron chi connectivity index (χ1n) is 8.15. The van der Waals surface area contributed by atoms with Crippen molar-refractivity contribution in [2.75, 3.05) is 6.54 Å². The summed E-state index contributed by atoms with van der Waals surface area (Å²) >= 11 is 0. The van der Waals surface area contributed by atoms with Crippen molar-refractivity contribution >= 4 is 5.91 Å². The van der Waals surface area contributed by atoms with Gasteiger partial charge in [0, 0.05) is 6.54 Å². The molecule has 1 atom stereocenters. The van der Waals surface area contributed by atoms with E-state index in [2.05, 4.69) is 24.4 Å². The summed E-state index contributed by atoms with van der Waals surface area (Å²) in [6.45, 7) is 6.69. The molecule has 1 N–H and O–H groups in total. The molecule has 0 aliphatic heterocycles. The molecule has 0 aromatic heterocycles. The Hall–Kier alpha value is -2.29. The minimum atomic E-state index is -0.451. The van der Waals surface area contributed by atoms with Crippen LogP contribution in [-0.4, -0.2) is 18.6 Å². The second kappa shape index (κ2) is 8.37. The molecular formula is C20H25NO2. The van der Waals surface area contributed by atoms with Crippen molar-refractivity contribution in [2.24, 2.45) is 0 Å². The number of carbonyl (C=O) groups is 1. The molecular weight excluding hydrogens is 286 g/mol. The molecule has 0 spiro atoms. The predicted molar refractivity (Wildman–Crippen MR) is 93.8 cm³/mol. The highest BCUT2D eigenvalue weighted by atomic mass is 16.5. The van der Waals surface area contributed by atoms with Gasteiger partial charge >= 0.3 is 0 Å². The molecule has 0 heterocycles. The summed E-state index contributed by atoms with van der Waals surface area (Å²) in [6, 6.07) is 16.1. The summed E-state index contributed by atoms with van der Waals surface area (Å²) in [5.41, 5.74) is 3.61. The quantitative estimate of drug-likeness (QED) is 0.844. The lowest BCUT2D eigenvalue weighted by Crippen LogP contribution is -2.38. The van der Waals surface area contributed by atoms with Crippen LogP contribution in [0.25, 0.3) is 0 Å². The molecule has 1 amide bonds. The second-order valence-electron chi connectivity index (χ2n) is 5.79. The Morgan fingerprint density at radius 2 is 1.83 bits per heavy atom.